The number of fused-ring (bicyclic) bond motifs is 1. The summed E-state index contributed by atoms with van der Waals surface area (Å²) in [7, 11) is 0. The Labute approximate surface area is 142 Å². The second-order valence-corrected chi connectivity index (χ2v) is 6.30. The topological polar surface area (TPSA) is 77.8 Å². The molecule has 1 unspecified atom stereocenters. The summed E-state index contributed by atoms with van der Waals surface area (Å²) in [6.45, 7) is 1.66. The Morgan fingerprint density at radius 1 is 1.33 bits per heavy atom. The molecule has 4 rings (SSSR count). The summed E-state index contributed by atoms with van der Waals surface area (Å²) in [4.78, 5) is 8.60. The van der Waals surface area contributed by atoms with Gasteiger partial charge >= 0.3 is 0 Å². The summed E-state index contributed by atoms with van der Waals surface area (Å²) in [5, 5.41) is 4.13. The largest absolute Gasteiger partial charge is 0.339 e. The van der Waals surface area contributed by atoms with Gasteiger partial charge in [-0.2, -0.15) is 4.98 Å². The van der Waals surface area contributed by atoms with Crippen LogP contribution in [0.15, 0.2) is 28.9 Å². The van der Waals surface area contributed by atoms with Crippen molar-refractivity contribution in [1.82, 2.24) is 15.1 Å². The van der Waals surface area contributed by atoms with Crippen LogP contribution in [0.1, 0.15) is 29.6 Å². The first-order chi connectivity index (χ1) is 11.5. The molecule has 7 heteroatoms. The van der Waals surface area contributed by atoms with Crippen molar-refractivity contribution in [2.24, 2.45) is 5.73 Å². The number of pyridine rings is 1. The van der Waals surface area contributed by atoms with Crippen LogP contribution in [0.5, 0.6) is 0 Å². The summed E-state index contributed by atoms with van der Waals surface area (Å²) in [5.74, 6) is 0.0488. The summed E-state index contributed by atoms with van der Waals surface area (Å²) in [6, 6.07) is 4.87. The Bertz CT molecular complexity index is 940. The summed E-state index contributed by atoms with van der Waals surface area (Å²) in [6.07, 6.45) is 3.41. The zero-order valence-corrected chi connectivity index (χ0v) is 13.6. The lowest BCUT2D eigenvalue weighted by Crippen LogP contribution is -2.07. The number of rotatable bonds is 2. The molecule has 122 valence electrons. The smallest absolute Gasteiger partial charge is 0.223 e. The van der Waals surface area contributed by atoms with Crippen molar-refractivity contribution in [1.29, 1.82) is 0 Å². The van der Waals surface area contributed by atoms with E-state index in [2.05, 4.69) is 15.1 Å². The molecule has 1 atom stereocenters. The Balaban J connectivity index is 1.92. The van der Waals surface area contributed by atoms with Gasteiger partial charge in [-0.05, 0) is 42.2 Å². The highest BCUT2D eigenvalue weighted by atomic mass is 35.5. The predicted octanol–water partition coefficient (Wildman–Crippen LogP) is 3.85. The molecule has 0 radical (unpaired) electrons. The Hall–Kier alpha value is -2.31. The fourth-order valence-electron chi connectivity index (χ4n) is 3.08. The van der Waals surface area contributed by atoms with Crippen LogP contribution >= 0.6 is 11.6 Å². The van der Waals surface area contributed by atoms with E-state index in [1.165, 1.54) is 6.07 Å². The van der Waals surface area contributed by atoms with E-state index in [1.807, 2.05) is 6.07 Å². The van der Waals surface area contributed by atoms with Crippen LogP contribution in [0.25, 0.3) is 22.5 Å². The van der Waals surface area contributed by atoms with Gasteiger partial charge in [0.2, 0.25) is 11.7 Å². The molecule has 0 aliphatic heterocycles. The van der Waals surface area contributed by atoms with Crippen LogP contribution in [-0.2, 0) is 6.42 Å². The first-order valence-electron chi connectivity index (χ1n) is 7.57. The van der Waals surface area contributed by atoms with Gasteiger partial charge in [-0.15, -0.1) is 0 Å². The molecule has 0 saturated heterocycles. The van der Waals surface area contributed by atoms with Crippen molar-refractivity contribution in [3.05, 3.63) is 52.4 Å². The van der Waals surface area contributed by atoms with Crippen LogP contribution in [0.2, 0.25) is 5.02 Å². The second kappa shape index (κ2) is 5.65. The molecule has 5 nitrogen and oxygen atoms in total. The maximum Gasteiger partial charge on any atom is 0.223 e. The van der Waals surface area contributed by atoms with Gasteiger partial charge in [0, 0.05) is 29.7 Å². The number of hydrogen-bond donors (Lipinski definition) is 1. The molecule has 2 N–H and O–H groups in total. The lowest BCUT2D eigenvalue weighted by Gasteiger charge is -2.11. The van der Waals surface area contributed by atoms with Gasteiger partial charge in [0.1, 0.15) is 5.82 Å². The highest BCUT2D eigenvalue weighted by Crippen LogP contribution is 2.37. The maximum absolute atomic E-state index is 14.6. The van der Waals surface area contributed by atoms with Crippen LogP contribution < -0.4 is 5.73 Å². The molecule has 1 aliphatic rings. The minimum absolute atomic E-state index is 0.0375. The van der Waals surface area contributed by atoms with Gasteiger partial charge in [0.25, 0.3) is 0 Å². The van der Waals surface area contributed by atoms with E-state index in [-0.39, 0.29) is 17.4 Å². The van der Waals surface area contributed by atoms with Crippen LogP contribution in [0.3, 0.4) is 0 Å². The van der Waals surface area contributed by atoms with E-state index in [1.54, 1.807) is 19.2 Å². The highest BCUT2D eigenvalue weighted by molar-refractivity contribution is 6.31. The fraction of sp³-hybridized carbons (Fsp3) is 0.235. The third-order valence-electron chi connectivity index (χ3n) is 4.19. The third-order valence-corrected chi connectivity index (χ3v) is 4.41. The lowest BCUT2D eigenvalue weighted by molar-refractivity contribution is 0.394. The SMILES string of the molecule is Cc1nc(-c2c(F)cc(Cl)cc2-c2cnc3c(c2)CCC3N)no1. The number of nitrogens with two attached hydrogens (primary N) is 1. The van der Waals surface area contributed by atoms with E-state index in [9.17, 15) is 4.39 Å². The molecular weight excluding hydrogens is 331 g/mol. The number of nitrogens with zero attached hydrogens (tertiary/aromatic N) is 3. The van der Waals surface area contributed by atoms with E-state index in [0.717, 1.165) is 29.7 Å². The minimum Gasteiger partial charge on any atom is -0.339 e. The number of hydrogen-bond acceptors (Lipinski definition) is 5. The number of benzene rings is 1. The summed E-state index contributed by atoms with van der Waals surface area (Å²) < 4.78 is 19.6. The molecule has 0 saturated carbocycles. The molecule has 0 fully saturated rings. The Morgan fingerprint density at radius 2 is 2.17 bits per heavy atom. The van der Waals surface area contributed by atoms with Crippen LogP contribution in [0, 0.1) is 12.7 Å². The van der Waals surface area contributed by atoms with Crippen LogP contribution in [0.4, 0.5) is 4.39 Å². The predicted molar refractivity (Wildman–Crippen MR) is 87.9 cm³/mol. The van der Waals surface area contributed by atoms with Crippen molar-refractivity contribution in [2.75, 3.05) is 0 Å². The lowest BCUT2D eigenvalue weighted by atomic mass is 9.98. The molecule has 2 heterocycles. The van der Waals surface area contributed by atoms with Crippen molar-refractivity contribution in [3.8, 4) is 22.5 Å². The third kappa shape index (κ3) is 2.48. The Kier molecular flexibility index (Phi) is 3.58. The quantitative estimate of drug-likeness (QED) is 0.764. The number of aromatic nitrogens is 3. The van der Waals surface area contributed by atoms with Crippen molar-refractivity contribution in [3.63, 3.8) is 0 Å². The second-order valence-electron chi connectivity index (χ2n) is 5.86. The fourth-order valence-corrected chi connectivity index (χ4v) is 3.28. The molecule has 0 bridgehead atoms. The van der Waals surface area contributed by atoms with Crippen molar-refractivity contribution in [2.45, 2.75) is 25.8 Å². The molecule has 0 amide bonds. The van der Waals surface area contributed by atoms with Crippen molar-refractivity contribution < 1.29 is 8.91 Å². The van der Waals surface area contributed by atoms with Crippen molar-refractivity contribution >= 4 is 11.6 Å². The number of halogens is 2. The highest BCUT2D eigenvalue weighted by Gasteiger charge is 2.23. The van der Waals surface area contributed by atoms with E-state index >= 15 is 0 Å². The number of aryl methyl sites for hydroxylation is 2. The Morgan fingerprint density at radius 3 is 2.92 bits per heavy atom. The standard InChI is InChI=1S/C17H14ClFN4O/c1-8-22-17(23-24-8)15-12(5-11(18)6-13(15)19)10-4-9-2-3-14(20)16(9)21-7-10/h4-7,14H,2-3,20H2,1H3. The monoisotopic (exact) mass is 344 g/mol. The van der Waals surface area contributed by atoms with Gasteiger partial charge in [0.05, 0.1) is 11.3 Å². The minimum atomic E-state index is -0.504. The van der Waals surface area contributed by atoms with Gasteiger partial charge in [-0.3, -0.25) is 4.98 Å². The maximum atomic E-state index is 14.6. The molecule has 3 aromatic rings. The van der Waals surface area contributed by atoms with Crippen LogP contribution in [-0.4, -0.2) is 15.1 Å². The average molecular weight is 345 g/mol. The van der Waals surface area contributed by atoms with E-state index < -0.39 is 5.82 Å². The zero-order valence-electron chi connectivity index (χ0n) is 12.9. The molecule has 0 spiro atoms. The molecule has 1 aliphatic carbocycles. The van der Waals surface area contributed by atoms with Gasteiger partial charge in [-0.1, -0.05) is 16.8 Å². The summed E-state index contributed by atoms with van der Waals surface area (Å²) >= 11 is 6.06. The summed E-state index contributed by atoms with van der Waals surface area (Å²) in [5.41, 5.74) is 9.59. The first kappa shape index (κ1) is 15.2. The van der Waals surface area contributed by atoms with E-state index in [0.29, 0.717) is 16.5 Å². The molecular formula is C17H14ClFN4O. The molecule has 2 aromatic heterocycles. The average Bonchev–Trinajstić information content (AvgIpc) is 3.13. The normalized spacial score (nSPS) is 16.4. The van der Waals surface area contributed by atoms with Gasteiger partial charge in [0.15, 0.2) is 0 Å². The van der Waals surface area contributed by atoms with E-state index in [4.69, 9.17) is 21.9 Å². The molecule has 1 aromatic carbocycles. The first-order valence-corrected chi connectivity index (χ1v) is 7.95. The van der Waals surface area contributed by atoms with Gasteiger partial charge < -0.3 is 10.3 Å². The van der Waals surface area contributed by atoms with Gasteiger partial charge in [-0.25, -0.2) is 4.39 Å². The zero-order chi connectivity index (χ0) is 16.8. The molecule has 24 heavy (non-hydrogen) atoms.